The normalized spacial score (nSPS) is 37.7. The van der Waals surface area contributed by atoms with Gasteiger partial charge in [0.25, 0.3) is 0 Å². The first-order chi connectivity index (χ1) is 14.2. The maximum absolute atomic E-state index is 12.9. The number of ether oxygens (including phenoxy) is 2. The van der Waals surface area contributed by atoms with Gasteiger partial charge in [0.15, 0.2) is 12.0 Å². The highest BCUT2D eigenvalue weighted by atomic mass is 19.4. The number of aromatic nitrogens is 2. The van der Waals surface area contributed by atoms with Gasteiger partial charge in [0.2, 0.25) is 0 Å². The molecule has 0 amide bonds. The van der Waals surface area contributed by atoms with Gasteiger partial charge in [-0.2, -0.15) is 13.2 Å². The second-order valence-electron chi connectivity index (χ2n) is 8.59. The molecule has 11 heteroatoms. The molecule has 3 aliphatic heterocycles. The smallest absolute Gasteiger partial charge is 0.388 e. The maximum atomic E-state index is 12.9. The average molecular weight is 432 g/mol. The van der Waals surface area contributed by atoms with Crippen LogP contribution in [0.5, 0.6) is 0 Å². The quantitative estimate of drug-likeness (QED) is 0.654. The molecule has 3 fully saturated rings. The largest absolute Gasteiger partial charge is 0.434 e. The highest BCUT2D eigenvalue weighted by molar-refractivity contribution is 5.35. The Hall–Kier alpha value is -1.53. The highest BCUT2D eigenvalue weighted by Gasteiger charge is 2.59. The molecule has 4 rings (SSSR count). The SMILES string of the molecule is CC1CCCCN(C[C@@]23CO[C@@H](O2)C(Nc2cncc(C(F)(F)F)n2)[C@@H](O)[C@H]3O)C1. The van der Waals surface area contributed by atoms with E-state index in [2.05, 4.69) is 27.1 Å². The van der Waals surface area contributed by atoms with E-state index in [1.807, 2.05) is 0 Å². The fourth-order valence-electron chi connectivity index (χ4n) is 4.57. The summed E-state index contributed by atoms with van der Waals surface area (Å²) in [5, 5.41) is 24.3. The number of nitrogens with one attached hydrogen (secondary N) is 1. The van der Waals surface area contributed by atoms with Crippen molar-refractivity contribution in [2.75, 3.05) is 31.6 Å². The molecule has 6 atom stereocenters. The van der Waals surface area contributed by atoms with Crippen LogP contribution >= 0.6 is 0 Å². The Morgan fingerprint density at radius 2 is 2.10 bits per heavy atom. The van der Waals surface area contributed by atoms with E-state index in [1.54, 1.807) is 0 Å². The van der Waals surface area contributed by atoms with Crippen molar-refractivity contribution in [2.45, 2.75) is 62.5 Å². The first-order valence-corrected chi connectivity index (χ1v) is 10.2. The van der Waals surface area contributed by atoms with Crippen molar-refractivity contribution >= 4 is 5.82 Å². The van der Waals surface area contributed by atoms with Gasteiger partial charge in [0, 0.05) is 13.1 Å². The van der Waals surface area contributed by atoms with Crippen molar-refractivity contribution in [2.24, 2.45) is 5.92 Å². The van der Waals surface area contributed by atoms with Gasteiger partial charge in [0.1, 0.15) is 29.7 Å². The molecule has 8 nitrogen and oxygen atoms in total. The molecule has 0 aliphatic carbocycles. The van der Waals surface area contributed by atoms with Crippen LogP contribution in [0.2, 0.25) is 0 Å². The molecule has 3 saturated heterocycles. The second-order valence-corrected chi connectivity index (χ2v) is 8.59. The molecular weight excluding hydrogens is 405 g/mol. The number of fused-ring (bicyclic) bond motifs is 2. The summed E-state index contributed by atoms with van der Waals surface area (Å²) in [7, 11) is 0. The summed E-state index contributed by atoms with van der Waals surface area (Å²) in [4.78, 5) is 9.28. The molecule has 1 aromatic heterocycles. The molecule has 2 bridgehead atoms. The number of halogens is 3. The number of aliphatic hydroxyl groups is 2. The molecule has 0 saturated carbocycles. The minimum atomic E-state index is -4.64. The van der Waals surface area contributed by atoms with Crippen LogP contribution in [0, 0.1) is 5.92 Å². The molecular formula is C19H27F3N4O4. The van der Waals surface area contributed by atoms with Crippen LogP contribution in [0.1, 0.15) is 31.9 Å². The van der Waals surface area contributed by atoms with E-state index >= 15 is 0 Å². The topological polar surface area (TPSA) is 100.0 Å². The van der Waals surface area contributed by atoms with Crippen LogP contribution < -0.4 is 5.32 Å². The standard InChI is InChI=1S/C19H27F3N4O4/c1-11-4-2-3-5-26(8-11)9-18-10-29-17(30-18)14(15(27)16(18)28)25-13-7-23-6-12(24-13)19(20,21)22/h6-7,11,14-17,27-28H,2-5,8-10H2,1H3,(H,24,25)/t11?,14?,15-,16-,17+,18+/m1/s1. The van der Waals surface area contributed by atoms with Crippen LogP contribution in [-0.2, 0) is 15.7 Å². The minimum absolute atomic E-state index is 0.0905. The lowest BCUT2D eigenvalue weighted by Crippen LogP contribution is -2.66. The van der Waals surface area contributed by atoms with E-state index in [4.69, 9.17) is 9.47 Å². The monoisotopic (exact) mass is 432 g/mol. The number of anilines is 1. The predicted molar refractivity (Wildman–Crippen MR) is 99.5 cm³/mol. The van der Waals surface area contributed by atoms with Crippen LogP contribution in [0.25, 0.3) is 0 Å². The Bertz CT molecular complexity index is 755. The average Bonchev–Trinajstić information content (AvgIpc) is 2.97. The van der Waals surface area contributed by atoms with Crippen molar-refractivity contribution in [3.8, 4) is 0 Å². The lowest BCUT2D eigenvalue weighted by Gasteiger charge is -2.45. The number of hydrogen-bond donors (Lipinski definition) is 3. The fourth-order valence-corrected chi connectivity index (χ4v) is 4.57. The third-order valence-electron chi connectivity index (χ3n) is 6.09. The van der Waals surface area contributed by atoms with E-state index in [9.17, 15) is 23.4 Å². The summed E-state index contributed by atoms with van der Waals surface area (Å²) in [6, 6.07) is -0.989. The van der Waals surface area contributed by atoms with E-state index < -0.39 is 42.0 Å². The number of nitrogens with zero attached hydrogens (tertiary/aromatic N) is 3. The van der Waals surface area contributed by atoms with Crippen molar-refractivity contribution in [3.05, 3.63) is 18.1 Å². The predicted octanol–water partition coefficient (Wildman–Crippen LogP) is 1.24. The van der Waals surface area contributed by atoms with Gasteiger partial charge in [-0.15, -0.1) is 0 Å². The molecule has 0 spiro atoms. The Morgan fingerprint density at radius 3 is 2.87 bits per heavy atom. The second kappa shape index (κ2) is 8.19. The van der Waals surface area contributed by atoms with Crippen LogP contribution in [0.4, 0.5) is 19.0 Å². The zero-order valence-electron chi connectivity index (χ0n) is 16.7. The first-order valence-electron chi connectivity index (χ1n) is 10.2. The van der Waals surface area contributed by atoms with Gasteiger partial charge in [-0.05, 0) is 25.3 Å². The maximum Gasteiger partial charge on any atom is 0.434 e. The molecule has 168 valence electrons. The number of alkyl halides is 3. The molecule has 2 unspecified atom stereocenters. The number of aliphatic hydroxyl groups excluding tert-OH is 2. The highest BCUT2D eigenvalue weighted by Crippen LogP contribution is 2.39. The fraction of sp³-hybridized carbons (Fsp3) is 0.789. The van der Waals surface area contributed by atoms with Crippen molar-refractivity contribution < 1.29 is 32.9 Å². The summed E-state index contributed by atoms with van der Waals surface area (Å²) in [5.41, 5.74) is -2.23. The van der Waals surface area contributed by atoms with Crippen molar-refractivity contribution in [1.82, 2.24) is 14.9 Å². The Morgan fingerprint density at radius 1 is 1.30 bits per heavy atom. The Balaban J connectivity index is 1.48. The van der Waals surface area contributed by atoms with Crippen molar-refractivity contribution in [1.29, 1.82) is 0 Å². The lowest BCUT2D eigenvalue weighted by atomic mass is 9.87. The van der Waals surface area contributed by atoms with Gasteiger partial charge < -0.3 is 29.9 Å². The van der Waals surface area contributed by atoms with E-state index in [1.165, 1.54) is 0 Å². The Labute approximate surface area is 172 Å². The van der Waals surface area contributed by atoms with Crippen molar-refractivity contribution in [3.63, 3.8) is 0 Å². The van der Waals surface area contributed by atoms with E-state index in [-0.39, 0.29) is 12.4 Å². The third kappa shape index (κ3) is 4.26. The molecule has 3 N–H and O–H groups in total. The summed E-state index contributed by atoms with van der Waals surface area (Å²) in [6.45, 7) is 4.45. The van der Waals surface area contributed by atoms with Gasteiger partial charge in [0.05, 0.1) is 19.0 Å². The number of rotatable bonds is 4. The molecule has 1 aromatic rings. The molecule has 4 heterocycles. The van der Waals surface area contributed by atoms with Crippen LogP contribution in [0.3, 0.4) is 0 Å². The minimum Gasteiger partial charge on any atom is -0.388 e. The summed E-state index contributed by atoms with van der Waals surface area (Å²) < 4.78 is 50.4. The number of likely N-dealkylation sites (tertiary alicyclic amines) is 1. The summed E-state index contributed by atoms with van der Waals surface area (Å²) >= 11 is 0. The van der Waals surface area contributed by atoms with Gasteiger partial charge >= 0.3 is 6.18 Å². The Kier molecular flexibility index (Phi) is 5.92. The summed E-state index contributed by atoms with van der Waals surface area (Å²) in [6.07, 6.45) is -3.06. The summed E-state index contributed by atoms with van der Waals surface area (Å²) in [5.74, 6) is 0.343. The van der Waals surface area contributed by atoms with Gasteiger partial charge in [-0.25, -0.2) is 4.98 Å². The lowest BCUT2D eigenvalue weighted by molar-refractivity contribution is -0.219. The third-order valence-corrected chi connectivity index (χ3v) is 6.09. The van der Waals surface area contributed by atoms with Gasteiger partial charge in [-0.3, -0.25) is 4.98 Å². The molecule has 0 radical (unpaired) electrons. The van der Waals surface area contributed by atoms with E-state index in [0.717, 1.165) is 38.5 Å². The van der Waals surface area contributed by atoms with Crippen LogP contribution in [0.15, 0.2) is 12.4 Å². The number of hydrogen-bond acceptors (Lipinski definition) is 8. The first kappa shape index (κ1) is 21.7. The molecule has 3 aliphatic rings. The zero-order valence-corrected chi connectivity index (χ0v) is 16.7. The zero-order chi connectivity index (χ0) is 21.5. The van der Waals surface area contributed by atoms with Gasteiger partial charge in [-0.1, -0.05) is 13.3 Å². The van der Waals surface area contributed by atoms with E-state index in [0.29, 0.717) is 18.7 Å². The van der Waals surface area contributed by atoms with Crippen LogP contribution in [-0.4, -0.2) is 81.5 Å². The molecule has 30 heavy (non-hydrogen) atoms. The molecule has 0 aromatic carbocycles.